The van der Waals surface area contributed by atoms with Gasteiger partial charge in [0, 0.05) is 26.7 Å². The van der Waals surface area contributed by atoms with Crippen molar-refractivity contribution >= 4 is 5.91 Å². The molecule has 0 bridgehead atoms. The number of amides is 1. The van der Waals surface area contributed by atoms with Gasteiger partial charge in [-0.3, -0.25) is 4.79 Å². The van der Waals surface area contributed by atoms with Gasteiger partial charge in [0.1, 0.15) is 6.54 Å². The summed E-state index contributed by atoms with van der Waals surface area (Å²) >= 11 is 0. The minimum atomic E-state index is -4.44. The fourth-order valence-corrected chi connectivity index (χ4v) is 1.15. The summed E-state index contributed by atoms with van der Waals surface area (Å²) in [6, 6.07) is 0. The van der Waals surface area contributed by atoms with Crippen LogP contribution in [0.15, 0.2) is 0 Å². The molecular weight excluding hydrogens is 227 g/mol. The van der Waals surface area contributed by atoms with Crippen LogP contribution in [0.2, 0.25) is 0 Å². The Morgan fingerprint density at radius 1 is 1.44 bits per heavy atom. The molecule has 7 heteroatoms. The molecule has 0 aromatic carbocycles. The van der Waals surface area contributed by atoms with Crippen LogP contribution in [-0.4, -0.2) is 55.5 Å². The van der Waals surface area contributed by atoms with E-state index in [1.54, 1.807) is 0 Å². The number of carbonyl (C=O) groups excluding carboxylic acids is 1. The Labute approximate surface area is 92.0 Å². The summed E-state index contributed by atoms with van der Waals surface area (Å²) < 4.78 is 40.9. The van der Waals surface area contributed by atoms with Crippen molar-refractivity contribution < 1.29 is 27.8 Å². The number of alkyl halides is 3. The zero-order chi connectivity index (χ0) is 12.6. The number of carbonyl (C=O) groups is 1. The van der Waals surface area contributed by atoms with Gasteiger partial charge in [-0.1, -0.05) is 0 Å². The average Bonchev–Trinajstić information content (AvgIpc) is 2.15. The molecule has 0 radical (unpaired) electrons. The van der Waals surface area contributed by atoms with E-state index in [-0.39, 0.29) is 13.0 Å². The van der Waals surface area contributed by atoms with Crippen LogP contribution < -0.4 is 0 Å². The van der Waals surface area contributed by atoms with Gasteiger partial charge in [-0.2, -0.15) is 13.2 Å². The summed E-state index contributed by atoms with van der Waals surface area (Å²) in [5, 5.41) is 8.57. The van der Waals surface area contributed by atoms with Crippen molar-refractivity contribution in [3.8, 4) is 0 Å². The number of ether oxygens (including phenoxy) is 1. The first kappa shape index (κ1) is 15.2. The van der Waals surface area contributed by atoms with Crippen LogP contribution in [0.5, 0.6) is 0 Å². The molecular formula is C9H16F3NO3. The smallest absolute Gasteiger partial charge is 0.395 e. The molecule has 0 aliphatic heterocycles. The molecule has 96 valence electrons. The number of rotatable bonds is 7. The quantitative estimate of drug-likeness (QED) is 0.673. The van der Waals surface area contributed by atoms with Crippen LogP contribution in [0.3, 0.4) is 0 Å². The Bertz CT molecular complexity index is 209. The first-order valence-electron chi connectivity index (χ1n) is 4.85. The highest BCUT2D eigenvalue weighted by molar-refractivity contribution is 5.76. The van der Waals surface area contributed by atoms with Crippen molar-refractivity contribution in [1.82, 2.24) is 4.90 Å². The summed E-state index contributed by atoms with van der Waals surface area (Å²) in [7, 11) is 1.45. The Hall–Kier alpha value is -0.820. The van der Waals surface area contributed by atoms with E-state index in [0.29, 0.717) is 17.9 Å². The van der Waals surface area contributed by atoms with E-state index in [2.05, 4.69) is 0 Å². The minimum Gasteiger partial charge on any atom is -0.395 e. The van der Waals surface area contributed by atoms with Gasteiger partial charge in [-0.25, -0.2) is 0 Å². The third-order valence-electron chi connectivity index (χ3n) is 1.83. The van der Waals surface area contributed by atoms with E-state index in [4.69, 9.17) is 9.84 Å². The van der Waals surface area contributed by atoms with Crippen molar-refractivity contribution in [2.24, 2.45) is 0 Å². The molecule has 0 fully saturated rings. The molecule has 1 amide bonds. The predicted molar refractivity (Wildman–Crippen MR) is 50.8 cm³/mol. The monoisotopic (exact) mass is 243 g/mol. The minimum absolute atomic E-state index is 0.0100. The summed E-state index contributed by atoms with van der Waals surface area (Å²) in [6.07, 6.45) is -4.08. The van der Waals surface area contributed by atoms with Gasteiger partial charge in [-0.05, 0) is 6.42 Å². The molecule has 0 aliphatic rings. The van der Waals surface area contributed by atoms with E-state index >= 15 is 0 Å². The van der Waals surface area contributed by atoms with Crippen molar-refractivity contribution in [2.45, 2.75) is 19.0 Å². The predicted octanol–water partition coefficient (Wildman–Crippen LogP) is 0.796. The van der Waals surface area contributed by atoms with Crippen LogP contribution >= 0.6 is 0 Å². The first-order chi connectivity index (χ1) is 7.40. The van der Waals surface area contributed by atoms with E-state index in [9.17, 15) is 18.0 Å². The van der Waals surface area contributed by atoms with Crippen LogP contribution in [0.4, 0.5) is 13.2 Å². The molecule has 0 saturated heterocycles. The highest BCUT2D eigenvalue weighted by Gasteiger charge is 2.32. The molecule has 0 aromatic rings. The number of nitrogens with zero attached hydrogens (tertiary/aromatic N) is 1. The Morgan fingerprint density at radius 2 is 2.06 bits per heavy atom. The zero-order valence-electron chi connectivity index (χ0n) is 9.09. The molecule has 0 aliphatic carbocycles. The molecule has 4 nitrogen and oxygen atoms in total. The summed E-state index contributed by atoms with van der Waals surface area (Å²) in [5.74, 6) is -0.622. The fraction of sp³-hybridized carbons (Fsp3) is 0.889. The SMILES string of the molecule is COCCCC(=O)N(CCO)CC(F)(F)F. The van der Waals surface area contributed by atoms with Gasteiger partial charge in [0.05, 0.1) is 6.61 Å². The maximum Gasteiger partial charge on any atom is 0.406 e. The standard InChI is InChI=1S/C9H16F3NO3/c1-16-6-2-3-8(15)13(4-5-14)7-9(10,11)12/h14H,2-7H2,1H3. The number of methoxy groups -OCH3 is 1. The lowest BCUT2D eigenvalue weighted by Crippen LogP contribution is -2.40. The fourth-order valence-electron chi connectivity index (χ4n) is 1.15. The molecule has 16 heavy (non-hydrogen) atoms. The molecule has 0 unspecified atom stereocenters. The molecule has 0 atom stereocenters. The highest BCUT2D eigenvalue weighted by Crippen LogP contribution is 2.17. The third-order valence-corrected chi connectivity index (χ3v) is 1.83. The van der Waals surface area contributed by atoms with Crippen molar-refractivity contribution in [2.75, 3.05) is 33.4 Å². The first-order valence-corrected chi connectivity index (χ1v) is 4.85. The van der Waals surface area contributed by atoms with Crippen LogP contribution in [0, 0.1) is 0 Å². The number of hydrogen-bond acceptors (Lipinski definition) is 3. The molecule has 0 saturated carbocycles. The molecule has 0 spiro atoms. The van der Waals surface area contributed by atoms with Crippen LogP contribution in [0.1, 0.15) is 12.8 Å². The second-order valence-corrected chi connectivity index (χ2v) is 3.25. The normalized spacial score (nSPS) is 11.6. The van der Waals surface area contributed by atoms with Gasteiger partial charge in [0.2, 0.25) is 5.91 Å². The lowest BCUT2D eigenvalue weighted by atomic mass is 10.3. The van der Waals surface area contributed by atoms with Crippen LogP contribution in [0.25, 0.3) is 0 Å². The zero-order valence-corrected chi connectivity index (χ0v) is 9.09. The number of halogens is 3. The third kappa shape index (κ3) is 7.47. The highest BCUT2D eigenvalue weighted by atomic mass is 19.4. The Balaban J connectivity index is 4.13. The van der Waals surface area contributed by atoms with E-state index in [0.717, 1.165) is 0 Å². The molecule has 0 heterocycles. The van der Waals surface area contributed by atoms with Crippen molar-refractivity contribution in [3.63, 3.8) is 0 Å². The topological polar surface area (TPSA) is 49.8 Å². The lowest BCUT2D eigenvalue weighted by molar-refractivity contribution is -0.162. The van der Waals surface area contributed by atoms with Crippen LogP contribution in [-0.2, 0) is 9.53 Å². The molecule has 0 aromatic heterocycles. The van der Waals surface area contributed by atoms with Crippen molar-refractivity contribution in [3.05, 3.63) is 0 Å². The Morgan fingerprint density at radius 3 is 2.50 bits per heavy atom. The maximum atomic E-state index is 12.1. The van der Waals surface area contributed by atoms with Gasteiger partial charge in [0.15, 0.2) is 0 Å². The van der Waals surface area contributed by atoms with Gasteiger partial charge >= 0.3 is 6.18 Å². The maximum absolute atomic E-state index is 12.1. The second kappa shape index (κ2) is 7.45. The van der Waals surface area contributed by atoms with Gasteiger partial charge in [0.25, 0.3) is 0 Å². The van der Waals surface area contributed by atoms with E-state index in [1.807, 2.05) is 0 Å². The second-order valence-electron chi connectivity index (χ2n) is 3.25. The average molecular weight is 243 g/mol. The van der Waals surface area contributed by atoms with E-state index in [1.165, 1.54) is 7.11 Å². The molecule has 0 rings (SSSR count). The number of aliphatic hydroxyl groups excluding tert-OH is 1. The summed E-state index contributed by atoms with van der Waals surface area (Å²) in [4.78, 5) is 12.0. The molecule has 1 N–H and O–H groups in total. The number of hydrogen-bond donors (Lipinski definition) is 1. The van der Waals surface area contributed by atoms with Gasteiger partial charge < -0.3 is 14.7 Å². The summed E-state index contributed by atoms with van der Waals surface area (Å²) in [5.41, 5.74) is 0. The van der Waals surface area contributed by atoms with Crippen molar-refractivity contribution in [1.29, 1.82) is 0 Å². The van der Waals surface area contributed by atoms with Gasteiger partial charge in [-0.15, -0.1) is 0 Å². The Kier molecular flexibility index (Phi) is 7.07. The largest absolute Gasteiger partial charge is 0.406 e. The number of aliphatic hydroxyl groups is 1. The van der Waals surface area contributed by atoms with E-state index < -0.39 is 25.2 Å². The summed E-state index contributed by atoms with van der Waals surface area (Å²) in [6.45, 7) is -1.78. The lowest BCUT2D eigenvalue weighted by Gasteiger charge is -2.23.